The first kappa shape index (κ1) is 19.0. The van der Waals surface area contributed by atoms with Crippen molar-refractivity contribution >= 4 is 33.2 Å². The lowest BCUT2D eigenvalue weighted by atomic mass is 10.3. The van der Waals surface area contributed by atoms with Gasteiger partial charge >= 0.3 is 0 Å². The van der Waals surface area contributed by atoms with Crippen molar-refractivity contribution in [2.24, 2.45) is 0 Å². The molecule has 1 amide bonds. The van der Waals surface area contributed by atoms with Gasteiger partial charge in [0.1, 0.15) is 12.3 Å². The third-order valence-corrected chi connectivity index (χ3v) is 4.76. The first-order chi connectivity index (χ1) is 11.8. The number of carbonyl (C=O) groups is 1. The van der Waals surface area contributed by atoms with Crippen LogP contribution in [-0.4, -0.2) is 39.2 Å². The molecule has 1 N–H and O–H groups in total. The number of hydrogen-bond donors (Lipinski definition) is 1. The van der Waals surface area contributed by atoms with E-state index in [4.69, 9.17) is 16.3 Å². The highest BCUT2D eigenvalue weighted by atomic mass is 35.5. The van der Waals surface area contributed by atoms with Crippen LogP contribution in [0.2, 0.25) is 5.02 Å². The van der Waals surface area contributed by atoms with Crippen molar-refractivity contribution in [1.29, 1.82) is 0 Å². The van der Waals surface area contributed by atoms with Crippen molar-refractivity contribution in [2.75, 3.05) is 24.2 Å². The molecule has 0 saturated carbocycles. The van der Waals surface area contributed by atoms with Crippen molar-refractivity contribution < 1.29 is 17.9 Å². The topological polar surface area (TPSA) is 88.6 Å². The van der Waals surface area contributed by atoms with Gasteiger partial charge in [0.05, 0.1) is 24.1 Å². The van der Waals surface area contributed by atoms with Crippen molar-refractivity contribution in [3.8, 4) is 5.75 Å². The largest absolute Gasteiger partial charge is 0.495 e. The van der Waals surface area contributed by atoms with Gasteiger partial charge in [-0.2, -0.15) is 0 Å². The summed E-state index contributed by atoms with van der Waals surface area (Å²) in [6, 6.07) is 8.08. The molecule has 0 aliphatic carbocycles. The number of amides is 1. The van der Waals surface area contributed by atoms with Crippen LogP contribution < -0.4 is 14.4 Å². The smallest absolute Gasteiger partial charge is 0.241 e. The van der Waals surface area contributed by atoms with Crippen LogP contribution in [0.25, 0.3) is 0 Å². The van der Waals surface area contributed by atoms with E-state index in [-0.39, 0.29) is 23.8 Å². The third kappa shape index (κ3) is 5.33. The lowest BCUT2D eigenvalue weighted by Gasteiger charge is -2.22. The van der Waals surface area contributed by atoms with Gasteiger partial charge < -0.3 is 10.1 Å². The molecule has 0 fully saturated rings. The van der Waals surface area contributed by atoms with Crippen LogP contribution >= 0.6 is 11.6 Å². The van der Waals surface area contributed by atoms with Crippen LogP contribution in [0.3, 0.4) is 0 Å². The Balaban J connectivity index is 2.13. The molecule has 2 rings (SSSR count). The second-order valence-electron chi connectivity index (χ2n) is 5.23. The maximum atomic E-state index is 12.2. The minimum absolute atomic E-state index is 0.254. The Bertz CT molecular complexity index is 844. The van der Waals surface area contributed by atoms with Crippen molar-refractivity contribution in [1.82, 2.24) is 10.3 Å². The number of pyridine rings is 1. The molecule has 2 aromatic rings. The molecular weight excluding hydrogens is 366 g/mol. The van der Waals surface area contributed by atoms with Crippen LogP contribution in [0, 0.1) is 0 Å². The van der Waals surface area contributed by atoms with Crippen molar-refractivity contribution in [2.45, 2.75) is 6.54 Å². The van der Waals surface area contributed by atoms with Crippen LogP contribution in [0.1, 0.15) is 5.56 Å². The van der Waals surface area contributed by atoms with Crippen LogP contribution in [0.5, 0.6) is 5.75 Å². The van der Waals surface area contributed by atoms with E-state index < -0.39 is 15.9 Å². The predicted molar refractivity (Wildman–Crippen MR) is 96.3 cm³/mol. The maximum absolute atomic E-state index is 12.2. The number of methoxy groups -OCH3 is 1. The van der Waals surface area contributed by atoms with Gasteiger partial charge in [-0.15, -0.1) is 0 Å². The quantitative estimate of drug-likeness (QED) is 0.787. The summed E-state index contributed by atoms with van der Waals surface area (Å²) in [7, 11) is -2.21. The van der Waals surface area contributed by atoms with Gasteiger partial charge in [0.25, 0.3) is 0 Å². The molecule has 1 aromatic carbocycles. The Hall–Kier alpha value is -2.32. The minimum Gasteiger partial charge on any atom is -0.495 e. The number of ether oxygens (including phenoxy) is 1. The minimum atomic E-state index is -3.67. The monoisotopic (exact) mass is 383 g/mol. The highest BCUT2D eigenvalue weighted by molar-refractivity contribution is 7.92. The molecule has 0 aliphatic heterocycles. The number of hydrogen-bond acceptors (Lipinski definition) is 5. The highest BCUT2D eigenvalue weighted by Crippen LogP contribution is 2.30. The molecule has 0 aliphatic rings. The van der Waals surface area contributed by atoms with Crippen LogP contribution in [-0.2, 0) is 21.4 Å². The summed E-state index contributed by atoms with van der Waals surface area (Å²) in [4.78, 5) is 16.1. The summed E-state index contributed by atoms with van der Waals surface area (Å²) in [5.41, 5.74) is 1.10. The number of rotatable bonds is 7. The van der Waals surface area contributed by atoms with E-state index in [0.717, 1.165) is 16.1 Å². The Morgan fingerprint density at radius 2 is 2.12 bits per heavy atom. The van der Waals surface area contributed by atoms with E-state index >= 15 is 0 Å². The summed E-state index contributed by atoms with van der Waals surface area (Å²) < 4.78 is 30.2. The molecule has 0 atom stereocenters. The first-order valence-corrected chi connectivity index (χ1v) is 9.50. The molecule has 0 bridgehead atoms. The zero-order valence-corrected chi connectivity index (χ0v) is 15.3. The fraction of sp³-hybridized carbons (Fsp3) is 0.250. The number of nitrogens with one attached hydrogen (secondary N) is 1. The summed E-state index contributed by atoms with van der Waals surface area (Å²) in [5, 5.41) is 2.92. The molecular formula is C16H18ClN3O4S. The highest BCUT2D eigenvalue weighted by Gasteiger charge is 2.21. The molecule has 9 heteroatoms. The zero-order valence-electron chi connectivity index (χ0n) is 13.8. The standard InChI is InChI=1S/C16H18ClN3O4S/c1-24-15-6-5-13(8-14(15)17)20(25(2,22)23)11-16(21)19-10-12-4-3-7-18-9-12/h3-9H,10-11H2,1-2H3,(H,19,21). The van der Waals surface area contributed by atoms with E-state index in [2.05, 4.69) is 10.3 Å². The second-order valence-corrected chi connectivity index (χ2v) is 7.54. The van der Waals surface area contributed by atoms with Gasteiger partial charge in [0.2, 0.25) is 15.9 Å². The van der Waals surface area contributed by atoms with E-state index in [9.17, 15) is 13.2 Å². The van der Waals surface area contributed by atoms with Gasteiger partial charge in [-0.1, -0.05) is 17.7 Å². The normalized spacial score (nSPS) is 11.0. The average molecular weight is 384 g/mol. The van der Waals surface area contributed by atoms with Crippen LogP contribution in [0.15, 0.2) is 42.7 Å². The van der Waals surface area contributed by atoms with E-state index in [1.165, 1.54) is 19.2 Å². The fourth-order valence-electron chi connectivity index (χ4n) is 2.10. The Kier molecular flexibility index (Phi) is 6.22. The third-order valence-electron chi connectivity index (χ3n) is 3.32. The van der Waals surface area contributed by atoms with Gasteiger partial charge in [-0.05, 0) is 29.8 Å². The number of carbonyl (C=O) groups excluding carboxylic acids is 1. The molecule has 1 heterocycles. The summed E-state index contributed by atoms with van der Waals surface area (Å²) in [5.74, 6) is -0.0267. The molecule has 0 radical (unpaired) electrons. The molecule has 7 nitrogen and oxygen atoms in total. The van der Waals surface area contributed by atoms with E-state index in [1.807, 2.05) is 6.07 Å². The first-order valence-electron chi connectivity index (χ1n) is 7.28. The predicted octanol–water partition coefficient (Wildman–Crippen LogP) is 1.83. The van der Waals surface area contributed by atoms with Gasteiger partial charge in [0, 0.05) is 18.9 Å². The number of halogens is 1. The molecule has 25 heavy (non-hydrogen) atoms. The number of anilines is 1. The van der Waals surface area contributed by atoms with Gasteiger partial charge in [0.15, 0.2) is 0 Å². The number of benzene rings is 1. The molecule has 134 valence electrons. The fourth-order valence-corrected chi connectivity index (χ4v) is 3.20. The SMILES string of the molecule is COc1ccc(N(CC(=O)NCc2cccnc2)S(C)(=O)=O)cc1Cl. The summed E-state index contributed by atoms with van der Waals surface area (Å²) >= 11 is 6.05. The number of sulfonamides is 1. The molecule has 0 saturated heterocycles. The molecule has 1 aromatic heterocycles. The Labute approximate surface area is 151 Å². The second kappa shape index (κ2) is 8.17. The average Bonchev–Trinajstić information content (AvgIpc) is 2.57. The van der Waals surface area contributed by atoms with Gasteiger partial charge in [-0.3, -0.25) is 14.1 Å². The van der Waals surface area contributed by atoms with Crippen LogP contribution in [0.4, 0.5) is 5.69 Å². The van der Waals surface area contributed by atoms with Crippen molar-refractivity contribution in [3.63, 3.8) is 0 Å². The van der Waals surface area contributed by atoms with E-state index in [1.54, 1.807) is 24.5 Å². The lowest BCUT2D eigenvalue weighted by Crippen LogP contribution is -2.40. The van der Waals surface area contributed by atoms with Gasteiger partial charge in [-0.25, -0.2) is 8.42 Å². The summed E-state index contributed by atoms with van der Waals surface area (Å²) in [6.07, 6.45) is 4.28. The maximum Gasteiger partial charge on any atom is 0.241 e. The van der Waals surface area contributed by atoms with Crippen molar-refractivity contribution in [3.05, 3.63) is 53.3 Å². The van der Waals surface area contributed by atoms with E-state index in [0.29, 0.717) is 5.75 Å². The molecule has 0 unspecified atom stereocenters. The number of aromatic nitrogens is 1. The Morgan fingerprint density at radius 3 is 2.68 bits per heavy atom. The molecule has 0 spiro atoms. The summed E-state index contributed by atoms with van der Waals surface area (Å²) in [6.45, 7) is -0.102. The lowest BCUT2D eigenvalue weighted by molar-refractivity contribution is -0.119. The number of nitrogens with zero attached hydrogens (tertiary/aromatic N) is 2. The zero-order chi connectivity index (χ0) is 18.4. The Morgan fingerprint density at radius 1 is 1.36 bits per heavy atom.